The Labute approximate surface area is 163 Å². The lowest BCUT2D eigenvalue weighted by Crippen LogP contribution is -2.56. The molecular weight excluding hydrogens is 364 g/mol. The number of benzene rings is 2. The minimum atomic E-state index is -0.625. The van der Waals surface area contributed by atoms with Crippen LogP contribution in [0.25, 0.3) is 0 Å². The Morgan fingerprint density at radius 2 is 1.86 bits per heavy atom. The molecule has 1 aliphatic rings. The summed E-state index contributed by atoms with van der Waals surface area (Å²) in [7, 11) is 1.61. The smallest absolute Gasteiger partial charge is 0.240 e. The van der Waals surface area contributed by atoms with Gasteiger partial charge in [-0.2, -0.15) is 0 Å². The van der Waals surface area contributed by atoms with Gasteiger partial charge in [-0.25, -0.2) is 8.78 Å². The van der Waals surface area contributed by atoms with Crippen LogP contribution in [0.1, 0.15) is 17.5 Å². The summed E-state index contributed by atoms with van der Waals surface area (Å²) in [5.41, 5.74) is 7.67. The molecule has 150 valence electrons. The number of carbonyl (C=O) groups is 1. The number of ether oxygens (including phenoxy) is 1. The zero-order chi connectivity index (χ0) is 20.1. The first kappa shape index (κ1) is 20.2. The Morgan fingerprint density at radius 3 is 2.50 bits per heavy atom. The molecule has 1 aliphatic heterocycles. The number of amides is 1. The van der Waals surface area contributed by atoms with Crippen molar-refractivity contribution in [1.82, 2.24) is 10.2 Å². The Bertz CT molecular complexity index is 794. The van der Waals surface area contributed by atoms with Gasteiger partial charge < -0.3 is 20.7 Å². The van der Waals surface area contributed by atoms with Crippen molar-refractivity contribution in [2.24, 2.45) is 5.73 Å². The molecule has 0 aromatic heterocycles. The third-order valence-corrected chi connectivity index (χ3v) is 4.87. The maximum atomic E-state index is 13.3. The standard InChI is InChI=1S/C21H25F2N3O2/c1-28-19-4-2-14(3-5-19)13-26-7-6-25-20(21(26)27)12-18(24)10-15-8-16(22)11-17(23)9-15/h2-5,8-9,11,18,20,25H,6-7,10,12-13,24H2,1H3/t18?,20-/m0/s1. The molecule has 28 heavy (non-hydrogen) atoms. The van der Waals surface area contributed by atoms with Crippen molar-refractivity contribution >= 4 is 5.91 Å². The van der Waals surface area contributed by atoms with Crippen LogP contribution in [-0.4, -0.2) is 43.1 Å². The van der Waals surface area contributed by atoms with Crippen molar-refractivity contribution in [3.8, 4) is 5.75 Å². The zero-order valence-electron chi connectivity index (χ0n) is 15.8. The molecule has 0 aliphatic carbocycles. The maximum absolute atomic E-state index is 13.3. The Hall–Kier alpha value is -2.51. The van der Waals surface area contributed by atoms with Crippen LogP contribution in [-0.2, 0) is 17.8 Å². The number of halogens is 2. The van der Waals surface area contributed by atoms with Crippen molar-refractivity contribution in [2.75, 3.05) is 20.2 Å². The topological polar surface area (TPSA) is 67.6 Å². The monoisotopic (exact) mass is 389 g/mol. The minimum absolute atomic E-state index is 0.0112. The Balaban J connectivity index is 1.58. The van der Waals surface area contributed by atoms with Crippen molar-refractivity contribution in [2.45, 2.75) is 31.5 Å². The number of nitrogens with two attached hydrogens (primary N) is 1. The molecule has 1 unspecified atom stereocenters. The second-order valence-electron chi connectivity index (χ2n) is 7.09. The van der Waals surface area contributed by atoms with Crippen molar-refractivity contribution in [3.05, 3.63) is 65.2 Å². The Kier molecular flexibility index (Phi) is 6.59. The number of methoxy groups -OCH3 is 1. The van der Waals surface area contributed by atoms with E-state index in [1.807, 2.05) is 24.3 Å². The van der Waals surface area contributed by atoms with Gasteiger partial charge in [-0.1, -0.05) is 12.1 Å². The summed E-state index contributed by atoms with van der Waals surface area (Å²) in [5, 5.41) is 3.20. The van der Waals surface area contributed by atoms with Gasteiger partial charge in [-0.05, 0) is 48.2 Å². The summed E-state index contributed by atoms with van der Waals surface area (Å²) in [6.45, 7) is 1.81. The van der Waals surface area contributed by atoms with Gasteiger partial charge in [0.15, 0.2) is 0 Å². The summed E-state index contributed by atoms with van der Waals surface area (Å²) >= 11 is 0. The highest BCUT2D eigenvalue weighted by atomic mass is 19.1. The van der Waals surface area contributed by atoms with Crippen molar-refractivity contribution in [3.63, 3.8) is 0 Å². The predicted molar refractivity (Wildman–Crippen MR) is 103 cm³/mol. The number of rotatable bonds is 7. The average Bonchev–Trinajstić information content (AvgIpc) is 2.64. The van der Waals surface area contributed by atoms with E-state index in [0.717, 1.165) is 17.4 Å². The highest BCUT2D eigenvalue weighted by Crippen LogP contribution is 2.17. The molecule has 0 saturated carbocycles. The molecule has 1 amide bonds. The van der Waals surface area contributed by atoms with Gasteiger partial charge >= 0.3 is 0 Å². The van der Waals surface area contributed by atoms with E-state index in [-0.39, 0.29) is 11.9 Å². The molecule has 0 bridgehead atoms. The first-order chi connectivity index (χ1) is 13.4. The van der Waals surface area contributed by atoms with Crippen LogP contribution in [0.4, 0.5) is 8.78 Å². The Morgan fingerprint density at radius 1 is 1.18 bits per heavy atom. The lowest BCUT2D eigenvalue weighted by Gasteiger charge is -2.34. The van der Waals surface area contributed by atoms with Gasteiger partial charge in [0.05, 0.1) is 13.2 Å². The lowest BCUT2D eigenvalue weighted by atomic mass is 9.98. The van der Waals surface area contributed by atoms with Gasteiger partial charge in [0.1, 0.15) is 17.4 Å². The molecule has 2 aromatic carbocycles. The third-order valence-electron chi connectivity index (χ3n) is 4.87. The maximum Gasteiger partial charge on any atom is 0.240 e. The lowest BCUT2D eigenvalue weighted by molar-refractivity contribution is -0.136. The highest BCUT2D eigenvalue weighted by Gasteiger charge is 2.29. The molecule has 3 rings (SSSR count). The van der Waals surface area contributed by atoms with E-state index >= 15 is 0 Å². The number of nitrogens with one attached hydrogen (secondary N) is 1. The molecule has 7 heteroatoms. The summed E-state index contributed by atoms with van der Waals surface area (Å²) in [4.78, 5) is 14.6. The van der Waals surface area contributed by atoms with E-state index in [0.29, 0.717) is 38.0 Å². The van der Waals surface area contributed by atoms with Gasteiger partial charge in [0, 0.05) is 31.7 Å². The fourth-order valence-electron chi connectivity index (χ4n) is 3.50. The van der Waals surface area contributed by atoms with Gasteiger partial charge in [-0.15, -0.1) is 0 Å². The quantitative estimate of drug-likeness (QED) is 0.762. The number of hydrogen-bond acceptors (Lipinski definition) is 4. The first-order valence-electron chi connectivity index (χ1n) is 9.30. The van der Waals surface area contributed by atoms with Crippen molar-refractivity contribution < 1.29 is 18.3 Å². The molecule has 0 radical (unpaired) electrons. The first-order valence-corrected chi connectivity index (χ1v) is 9.30. The number of hydrogen-bond donors (Lipinski definition) is 2. The summed E-state index contributed by atoms with van der Waals surface area (Å²) < 4.78 is 31.8. The van der Waals surface area contributed by atoms with Crippen LogP contribution in [0.3, 0.4) is 0 Å². The van der Waals surface area contributed by atoms with E-state index in [2.05, 4.69) is 5.32 Å². The molecule has 2 atom stereocenters. The van der Waals surface area contributed by atoms with Crippen LogP contribution >= 0.6 is 0 Å². The normalized spacial score (nSPS) is 18.2. The van der Waals surface area contributed by atoms with Gasteiger partial charge in [0.25, 0.3) is 0 Å². The largest absolute Gasteiger partial charge is 0.497 e. The summed E-state index contributed by atoms with van der Waals surface area (Å²) in [5.74, 6) is -0.490. The molecule has 3 N–H and O–H groups in total. The zero-order valence-corrected chi connectivity index (χ0v) is 15.8. The van der Waals surface area contributed by atoms with E-state index < -0.39 is 17.7 Å². The summed E-state index contributed by atoms with van der Waals surface area (Å²) in [6, 6.07) is 10.2. The second-order valence-corrected chi connectivity index (χ2v) is 7.09. The predicted octanol–water partition coefficient (Wildman–Crippen LogP) is 2.23. The van der Waals surface area contributed by atoms with E-state index in [1.165, 1.54) is 12.1 Å². The fourth-order valence-corrected chi connectivity index (χ4v) is 3.50. The molecule has 5 nitrogen and oxygen atoms in total. The number of carbonyl (C=O) groups excluding carboxylic acids is 1. The molecule has 1 fully saturated rings. The molecular formula is C21H25F2N3O2. The van der Waals surface area contributed by atoms with Crippen LogP contribution in [0.5, 0.6) is 5.75 Å². The minimum Gasteiger partial charge on any atom is -0.497 e. The molecule has 0 spiro atoms. The van der Waals surface area contributed by atoms with Gasteiger partial charge in [0.2, 0.25) is 5.91 Å². The van der Waals surface area contributed by atoms with Crippen LogP contribution < -0.4 is 15.8 Å². The van der Waals surface area contributed by atoms with Gasteiger partial charge in [-0.3, -0.25) is 4.79 Å². The third kappa shape index (κ3) is 5.27. The summed E-state index contributed by atoms with van der Waals surface area (Å²) in [6.07, 6.45) is 0.703. The number of piperazine rings is 1. The molecule has 1 heterocycles. The van der Waals surface area contributed by atoms with Crippen LogP contribution in [0.15, 0.2) is 42.5 Å². The fraction of sp³-hybridized carbons (Fsp3) is 0.381. The average molecular weight is 389 g/mol. The van der Waals surface area contributed by atoms with Crippen LogP contribution in [0, 0.1) is 11.6 Å². The second kappa shape index (κ2) is 9.12. The van der Waals surface area contributed by atoms with Crippen molar-refractivity contribution in [1.29, 1.82) is 0 Å². The number of nitrogens with zero attached hydrogens (tertiary/aromatic N) is 1. The SMILES string of the molecule is COc1ccc(CN2CCN[C@@H](CC(N)Cc3cc(F)cc(F)c3)C2=O)cc1. The van der Waals surface area contributed by atoms with Crippen LogP contribution in [0.2, 0.25) is 0 Å². The highest BCUT2D eigenvalue weighted by molar-refractivity contribution is 5.82. The van der Waals surface area contributed by atoms with E-state index in [9.17, 15) is 13.6 Å². The van der Waals surface area contributed by atoms with E-state index in [4.69, 9.17) is 10.5 Å². The van der Waals surface area contributed by atoms with E-state index in [1.54, 1.807) is 12.0 Å². The molecule has 1 saturated heterocycles. The molecule has 2 aromatic rings.